The number of halogens is 2. The van der Waals surface area contributed by atoms with E-state index in [0.717, 1.165) is 36.7 Å². The van der Waals surface area contributed by atoms with Gasteiger partial charge in [0.05, 0.1) is 13.7 Å². The van der Waals surface area contributed by atoms with Crippen molar-refractivity contribution in [1.29, 1.82) is 0 Å². The second-order valence-electron chi connectivity index (χ2n) is 5.00. The minimum absolute atomic E-state index is 0. The molecule has 0 bridgehead atoms. The molecule has 1 aromatic heterocycles. The third kappa shape index (κ3) is 8.76. The zero-order chi connectivity index (χ0) is 16.3. The van der Waals surface area contributed by atoms with Gasteiger partial charge in [0.1, 0.15) is 6.61 Å². The van der Waals surface area contributed by atoms with Crippen LogP contribution in [0.5, 0.6) is 11.5 Å². The normalized spacial score (nSPS) is 9.84. The predicted molar refractivity (Wildman–Crippen MR) is 108 cm³/mol. The second kappa shape index (κ2) is 14.2. The van der Waals surface area contributed by atoms with E-state index in [1.54, 1.807) is 18.4 Å². The molecular formula is C17H26Cl2N2O3S. The number of ether oxygens (including phenoxy) is 2. The molecule has 2 rings (SSSR count). The summed E-state index contributed by atoms with van der Waals surface area (Å²) in [6.07, 6.45) is 0. The molecule has 25 heavy (non-hydrogen) atoms. The molecule has 0 radical (unpaired) electrons. The highest BCUT2D eigenvalue weighted by atomic mass is 35.5. The Kier molecular flexibility index (Phi) is 13.6. The number of benzene rings is 1. The maximum absolute atomic E-state index is 8.68. The Bertz CT molecular complexity index is 571. The summed E-state index contributed by atoms with van der Waals surface area (Å²) < 4.78 is 11.3. The largest absolute Gasteiger partial charge is 0.493 e. The Morgan fingerprint density at radius 1 is 1.04 bits per heavy atom. The molecule has 142 valence electrons. The topological polar surface area (TPSA) is 62.8 Å². The molecule has 5 nitrogen and oxygen atoms in total. The fourth-order valence-electron chi connectivity index (χ4n) is 2.10. The minimum Gasteiger partial charge on any atom is -0.493 e. The molecule has 0 spiro atoms. The van der Waals surface area contributed by atoms with E-state index in [2.05, 4.69) is 16.7 Å². The Hall–Kier alpha value is -1.02. The van der Waals surface area contributed by atoms with Gasteiger partial charge in [0, 0.05) is 31.1 Å². The summed E-state index contributed by atoms with van der Waals surface area (Å²) in [6, 6.07) is 10.1. The average Bonchev–Trinajstić information content (AvgIpc) is 3.10. The van der Waals surface area contributed by atoms with E-state index in [1.165, 1.54) is 4.88 Å². The van der Waals surface area contributed by atoms with Gasteiger partial charge in [-0.3, -0.25) is 0 Å². The summed E-state index contributed by atoms with van der Waals surface area (Å²) in [6.45, 7) is 3.80. The summed E-state index contributed by atoms with van der Waals surface area (Å²) in [7, 11) is 1.66. The van der Waals surface area contributed by atoms with Crippen LogP contribution in [-0.2, 0) is 13.2 Å². The van der Waals surface area contributed by atoms with Crippen molar-refractivity contribution in [2.75, 3.05) is 33.4 Å². The molecule has 0 unspecified atom stereocenters. The highest BCUT2D eigenvalue weighted by Crippen LogP contribution is 2.29. The highest BCUT2D eigenvalue weighted by molar-refractivity contribution is 7.09. The van der Waals surface area contributed by atoms with Crippen molar-refractivity contribution in [3.05, 3.63) is 46.2 Å². The Labute approximate surface area is 165 Å². The van der Waals surface area contributed by atoms with Gasteiger partial charge in [0.2, 0.25) is 0 Å². The van der Waals surface area contributed by atoms with Crippen molar-refractivity contribution in [1.82, 2.24) is 10.6 Å². The fraction of sp³-hybridized carbons (Fsp3) is 0.412. The highest BCUT2D eigenvalue weighted by Gasteiger charge is 2.06. The number of thiophene rings is 1. The molecule has 0 aliphatic carbocycles. The van der Waals surface area contributed by atoms with E-state index in [9.17, 15) is 0 Å². The summed E-state index contributed by atoms with van der Waals surface area (Å²) in [5, 5.41) is 17.2. The lowest BCUT2D eigenvalue weighted by Crippen LogP contribution is -2.28. The lowest BCUT2D eigenvalue weighted by molar-refractivity contribution is 0.287. The van der Waals surface area contributed by atoms with Gasteiger partial charge in [-0.15, -0.1) is 36.2 Å². The molecule has 1 aromatic carbocycles. The Morgan fingerprint density at radius 2 is 1.84 bits per heavy atom. The number of hydrogen-bond acceptors (Lipinski definition) is 6. The zero-order valence-electron chi connectivity index (χ0n) is 14.2. The molecule has 0 saturated heterocycles. The monoisotopic (exact) mass is 408 g/mol. The van der Waals surface area contributed by atoms with Crippen LogP contribution in [0.3, 0.4) is 0 Å². The zero-order valence-corrected chi connectivity index (χ0v) is 16.6. The predicted octanol–water partition coefficient (Wildman–Crippen LogP) is 2.85. The number of aliphatic hydroxyl groups is 1. The van der Waals surface area contributed by atoms with Gasteiger partial charge in [-0.25, -0.2) is 0 Å². The van der Waals surface area contributed by atoms with Crippen molar-refractivity contribution < 1.29 is 14.6 Å². The molecule has 0 saturated carbocycles. The lowest BCUT2D eigenvalue weighted by atomic mass is 10.2. The van der Waals surface area contributed by atoms with E-state index < -0.39 is 0 Å². The van der Waals surface area contributed by atoms with Crippen molar-refractivity contribution in [3.8, 4) is 11.5 Å². The molecule has 0 amide bonds. The summed E-state index contributed by atoms with van der Waals surface area (Å²) >= 11 is 1.68. The van der Waals surface area contributed by atoms with Gasteiger partial charge in [-0.2, -0.15) is 0 Å². The Morgan fingerprint density at radius 3 is 2.52 bits per heavy atom. The SMILES string of the molecule is COc1cc(CNCCNCCO)ccc1OCc1cccs1.Cl.Cl. The first-order valence-electron chi connectivity index (χ1n) is 7.68. The first-order valence-corrected chi connectivity index (χ1v) is 8.56. The van der Waals surface area contributed by atoms with Crippen molar-refractivity contribution >= 4 is 36.2 Å². The summed E-state index contributed by atoms with van der Waals surface area (Å²) in [4.78, 5) is 1.19. The first-order chi connectivity index (χ1) is 11.3. The number of nitrogens with one attached hydrogen (secondary N) is 2. The lowest BCUT2D eigenvalue weighted by Gasteiger charge is -2.12. The third-order valence-corrected chi connectivity index (χ3v) is 4.12. The summed E-state index contributed by atoms with van der Waals surface area (Å²) in [5.41, 5.74) is 1.15. The molecule has 0 fully saturated rings. The van der Waals surface area contributed by atoms with Gasteiger partial charge < -0.3 is 25.2 Å². The molecule has 0 aliphatic rings. The number of rotatable bonds is 11. The van der Waals surface area contributed by atoms with Gasteiger partial charge in [0.15, 0.2) is 11.5 Å². The van der Waals surface area contributed by atoms with E-state index in [4.69, 9.17) is 14.6 Å². The van der Waals surface area contributed by atoms with Crippen LogP contribution in [0.15, 0.2) is 35.7 Å². The van der Waals surface area contributed by atoms with Gasteiger partial charge in [0.25, 0.3) is 0 Å². The average molecular weight is 409 g/mol. The van der Waals surface area contributed by atoms with E-state index in [-0.39, 0.29) is 31.4 Å². The van der Waals surface area contributed by atoms with E-state index >= 15 is 0 Å². The van der Waals surface area contributed by atoms with Crippen molar-refractivity contribution in [2.45, 2.75) is 13.2 Å². The van der Waals surface area contributed by atoms with E-state index in [0.29, 0.717) is 13.2 Å². The van der Waals surface area contributed by atoms with Crippen LogP contribution in [0, 0.1) is 0 Å². The van der Waals surface area contributed by atoms with Crippen molar-refractivity contribution in [3.63, 3.8) is 0 Å². The molecular weight excluding hydrogens is 383 g/mol. The molecule has 2 aromatic rings. The molecule has 3 N–H and O–H groups in total. The van der Waals surface area contributed by atoms with Crippen LogP contribution < -0.4 is 20.1 Å². The first kappa shape index (κ1) is 24.0. The quantitative estimate of drug-likeness (QED) is 0.499. The smallest absolute Gasteiger partial charge is 0.161 e. The maximum Gasteiger partial charge on any atom is 0.161 e. The molecule has 8 heteroatoms. The maximum atomic E-state index is 8.68. The van der Waals surface area contributed by atoms with Crippen LogP contribution in [0.25, 0.3) is 0 Å². The number of methoxy groups -OCH3 is 1. The van der Waals surface area contributed by atoms with Crippen LogP contribution in [-0.4, -0.2) is 38.5 Å². The fourth-order valence-corrected chi connectivity index (χ4v) is 2.71. The number of hydrogen-bond donors (Lipinski definition) is 3. The van der Waals surface area contributed by atoms with Crippen LogP contribution in [0.2, 0.25) is 0 Å². The Balaban J connectivity index is 0.00000288. The van der Waals surface area contributed by atoms with Crippen LogP contribution >= 0.6 is 36.2 Å². The van der Waals surface area contributed by atoms with E-state index in [1.807, 2.05) is 29.6 Å². The van der Waals surface area contributed by atoms with Gasteiger partial charge >= 0.3 is 0 Å². The minimum atomic E-state index is 0. The van der Waals surface area contributed by atoms with Gasteiger partial charge in [-0.1, -0.05) is 12.1 Å². The molecule has 0 atom stereocenters. The van der Waals surface area contributed by atoms with Crippen LogP contribution in [0.1, 0.15) is 10.4 Å². The standard InChI is InChI=1S/C17H24N2O3S.2ClH/c1-21-17-11-14(12-19-7-6-18-8-9-20)4-5-16(17)22-13-15-3-2-10-23-15;;/h2-5,10-11,18-20H,6-9,12-13H2,1H3;2*1H. The molecule has 1 heterocycles. The van der Waals surface area contributed by atoms with Crippen molar-refractivity contribution in [2.24, 2.45) is 0 Å². The van der Waals surface area contributed by atoms with Gasteiger partial charge in [-0.05, 0) is 29.1 Å². The molecule has 0 aliphatic heterocycles. The second-order valence-corrected chi connectivity index (χ2v) is 6.04. The third-order valence-electron chi connectivity index (χ3n) is 3.27. The van der Waals surface area contributed by atoms with Crippen LogP contribution in [0.4, 0.5) is 0 Å². The summed E-state index contributed by atoms with van der Waals surface area (Å²) in [5.74, 6) is 1.51. The number of aliphatic hydroxyl groups excluding tert-OH is 1.